The van der Waals surface area contributed by atoms with E-state index in [-0.39, 0.29) is 17.6 Å². The van der Waals surface area contributed by atoms with Gasteiger partial charge < -0.3 is 4.90 Å². The summed E-state index contributed by atoms with van der Waals surface area (Å²) in [5.41, 5.74) is 12.9. The minimum atomic E-state index is -0.0787. The smallest absolute Gasteiger partial charge is 0.258 e. The Hall–Kier alpha value is -4.93. The van der Waals surface area contributed by atoms with Crippen molar-refractivity contribution in [3.8, 4) is 24.0 Å². The lowest BCUT2D eigenvalue weighted by atomic mass is 9.81. The number of Topliss-reactive ketones (excluding diaryl/α,β-unsaturated/α-hetero) is 1. The normalized spacial score (nSPS) is 15.1. The summed E-state index contributed by atoms with van der Waals surface area (Å²) in [5.74, 6) is 6.71. The number of likely N-dealkylation sites (tertiary alicyclic amines) is 1. The lowest BCUT2D eigenvalue weighted by Crippen LogP contribution is -2.45. The Labute approximate surface area is 276 Å². The molecule has 46 heavy (non-hydrogen) atoms. The van der Waals surface area contributed by atoms with Crippen molar-refractivity contribution in [3.05, 3.63) is 119 Å². The van der Waals surface area contributed by atoms with E-state index in [4.69, 9.17) is 28.2 Å². The van der Waals surface area contributed by atoms with Crippen LogP contribution in [0.25, 0.3) is 11.1 Å². The monoisotopic (exact) mass is 634 g/mol. The summed E-state index contributed by atoms with van der Waals surface area (Å²) in [6.07, 6.45) is 14.6. The van der Waals surface area contributed by atoms with Crippen LogP contribution < -0.4 is 11.6 Å². The minimum absolute atomic E-state index is 0.0787. The number of benzene rings is 3. The van der Waals surface area contributed by atoms with Gasteiger partial charge in [0.15, 0.2) is 5.69 Å². The summed E-state index contributed by atoms with van der Waals surface area (Å²) >= 11 is 6.23. The molecule has 4 aromatic rings. The van der Waals surface area contributed by atoms with Gasteiger partial charge in [0, 0.05) is 60.4 Å². The highest BCUT2D eigenvalue weighted by Crippen LogP contribution is 2.33. The van der Waals surface area contributed by atoms with Crippen molar-refractivity contribution in [1.29, 1.82) is 0 Å². The van der Waals surface area contributed by atoms with E-state index < -0.39 is 0 Å². The van der Waals surface area contributed by atoms with Gasteiger partial charge in [0.2, 0.25) is 5.91 Å². The summed E-state index contributed by atoms with van der Waals surface area (Å²) in [6, 6.07) is 28.4. The maximum absolute atomic E-state index is 12.6. The molecule has 236 valence electrons. The maximum Gasteiger partial charge on any atom is 0.258 e. The molecule has 4 N–H and O–H groups in total. The van der Waals surface area contributed by atoms with Gasteiger partial charge in [0.1, 0.15) is 5.78 Å². The Morgan fingerprint density at radius 1 is 1.00 bits per heavy atom. The predicted molar refractivity (Wildman–Crippen MR) is 186 cm³/mol. The van der Waals surface area contributed by atoms with E-state index >= 15 is 0 Å². The molecule has 2 heterocycles. The number of pyridine rings is 1. The Morgan fingerprint density at radius 3 is 2.30 bits per heavy atom. The first-order valence-corrected chi connectivity index (χ1v) is 15.8. The molecular formula is C38H41ClN5O2+. The Bertz CT molecular complexity index is 1670. The van der Waals surface area contributed by atoms with Gasteiger partial charge in [0.25, 0.3) is 6.34 Å². The largest absolute Gasteiger partial charge is 0.342 e. The van der Waals surface area contributed by atoms with E-state index in [2.05, 4.69) is 56.2 Å². The molecule has 1 saturated heterocycles. The highest BCUT2D eigenvalue weighted by molar-refractivity contribution is 6.31. The molecule has 2 aliphatic rings. The van der Waals surface area contributed by atoms with Gasteiger partial charge in [-0.05, 0) is 61.1 Å². The van der Waals surface area contributed by atoms with Crippen LogP contribution in [-0.2, 0) is 16.0 Å². The van der Waals surface area contributed by atoms with Crippen molar-refractivity contribution < 1.29 is 14.3 Å². The van der Waals surface area contributed by atoms with E-state index in [0.29, 0.717) is 23.8 Å². The topological polar surface area (TPSA) is 105 Å². The third-order valence-corrected chi connectivity index (χ3v) is 8.62. The molecule has 7 nitrogen and oxygen atoms in total. The molecule has 3 aromatic carbocycles. The molecule has 0 unspecified atom stereocenters. The SMILES string of the molecule is C#C.Cc1ccccc1.N/C=[N+](\N)c1ccc(Cl)cc1-c1ccc(Cc2cccc(C3CCN(C(=O)C4CC(=O)C4)CC3)c2)nc1. The second kappa shape index (κ2) is 16.4. The van der Waals surface area contributed by atoms with Gasteiger partial charge in [-0.2, -0.15) is 0 Å². The van der Waals surface area contributed by atoms with Gasteiger partial charge in [-0.3, -0.25) is 26.1 Å². The van der Waals surface area contributed by atoms with Crippen molar-refractivity contribution in [2.75, 3.05) is 13.1 Å². The fraction of sp³-hybridized carbons (Fsp3) is 0.263. The molecule has 0 spiro atoms. The number of hydrogen-bond donors (Lipinski definition) is 2. The summed E-state index contributed by atoms with van der Waals surface area (Å²) in [7, 11) is 0. The summed E-state index contributed by atoms with van der Waals surface area (Å²) in [5, 5.41) is 0.610. The Kier molecular flexibility index (Phi) is 12.1. The number of nitrogens with two attached hydrogens (primary N) is 2. The number of terminal acetylenes is 1. The molecule has 0 radical (unpaired) electrons. The van der Waals surface area contributed by atoms with Gasteiger partial charge in [-0.1, -0.05) is 77.8 Å². The number of hydrogen-bond acceptors (Lipinski definition) is 4. The zero-order chi connectivity index (χ0) is 33.1. The van der Waals surface area contributed by atoms with Crippen molar-refractivity contribution in [1.82, 2.24) is 9.88 Å². The average Bonchev–Trinajstić information content (AvgIpc) is 3.08. The number of nitrogens with zero attached hydrogens (tertiary/aromatic N) is 3. The first-order chi connectivity index (χ1) is 22.3. The zero-order valence-corrected chi connectivity index (χ0v) is 26.9. The third-order valence-electron chi connectivity index (χ3n) is 8.39. The summed E-state index contributed by atoms with van der Waals surface area (Å²) < 4.78 is 1.36. The second-order valence-corrected chi connectivity index (χ2v) is 12.0. The van der Waals surface area contributed by atoms with Crippen LogP contribution in [0.1, 0.15) is 54.0 Å². The number of carbonyl (C=O) groups excluding carboxylic acids is 2. The number of ketones is 1. The molecule has 1 amide bonds. The molecule has 1 aliphatic carbocycles. The van der Waals surface area contributed by atoms with Crippen LogP contribution in [0.3, 0.4) is 0 Å². The maximum atomic E-state index is 12.6. The van der Waals surface area contributed by atoms with Gasteiger partial charge in [-0.15, -0.1) is 17.5 Å². The van der Waals surface area contributed by atoms with E-state index in [1.165, 1.54) is 27.7 Å². The first-order valence-electron chi connectivity index (χ1n) is 15.4. The first kappa shape index (κ1) is 34.0. The van der Waals surface area contributed by atoms with Crippen LogP contribution in [0, 0.1) is 25.7 Å². The lowest BCUT2D eigenvalue weighted by molar-refractivity contribution is -0.447. The van der Waals surface area contributed by atoms with E-state index in [1.807, 2.05) is 53.6 Å². The molecular weight excluding hydrogens is 594 g/mol. The van der Waals surface area contributed by atoms with Crippen LogP contribution in [0.4, 0.5) is 5.69 Å². The van der Waals surface area contributed by atoms with Crippen molar-refractivity contribution in [3.63, 3.8) is 0 Å². The number of amides is 1. The molecule has 8 heteroatoms. The number of hydrazine groups is 1. The number of aromatic nitrogens is 1. The van der Waals surface area contributed by atoms with Gasteiger partial charge in [-0.25, -0.2) is 0 Å². The number of carbonyl (C=O) groups is 2. The molecule has 1 saturated carbocycles. The van der Waals surface area contributed by atoms with Crippen molar-refractivity contribution in [2.24, 2.45) is 17.5 Å². The van der Waals surface area contributed by atoms with E-state index in [9.17, 15) is 9.59 Å². The highest BCUT2D eigenvalue weighted by atomic mass is 35.5. The van der Waals surface area contributed by atoms with Crippen LogP contribution in [0.5, 0.6) is 0 Å². The zero-order valence-electron chi connectivity index (χ0n) is 26.2. The number of rotatable bonds is 6. The molecule has 0 bridgehead atoms. The number of hydrazone groups is 1. The highest BCUT2D eigenvalue weighted by Gasteiger charge is 2.36. The quantitative estimate of drug-likeness (QED) is 0.0635. The van der Waals surface area contributed by atoms with Gasteiger partial charge >= 0.3 is 0 Å². The number of piperidine rings is 1. The molecule has 0 atom stereocenters. The average molecular weight is 635 g/mol. The van der Waals surface area contributed by atoms with Crippen LogP contribution >= 0.6 is 11.6 Å². The summed E-state index contributed by atoms with van der Waals surface area (Å²) in [6.45, 7) is 3.60. The van der Waals surface area contributed by atoms with E-state index in [0.717, 1.165) is 54.9 Å². The summed E-state index contributed by atoms with van der Waals surface area (Å²) in [4.78, 5) is 30.5. The molecule has 1 aliphatic heterocycles. The standard InChI is InChI=1S/C29H30ClN5O2.C7H8.C2H2/c30-24-5-7-28(35(32)18-31)27(16-24)22-4-6-25(33-17-22)13-19-2-1-3-21(12-19)20-8-10-34(11-9-20)29(37)23-14-26(36)15-23;1-7-5-3-2-4-6-7;1-2/h1-7,12,16-18,20,23,31H,8-11,13-15,32H2;2-6H,1H3;1-2H/p+1. The van der Waals surface area contributed by atoms with Crippen molar-refractivity contribution >= 4 is 35.3 Å². The number of halogens is 1. The molecule has 2 fully saturated rings. The molecule has 6 rings (SSSR count). The van der Waals surface area contributed by atoms with Crippen LogP contribution in [0.15, 0.2) is 91.1 Å². The molecule has 1 aromatic heterocycles. The fourth-order valence-electron chi connectivity index (χ4n) is 5.79. The number of aryl methyl sites for hydroxylation is 1. The minimum Gasteiger partial charge on any atom is -0.342 e. The van der Waals surface area contributed by atoms with E-state index in [1.54, 1.807) is 6.07 Å². The van der Waals surface area contributed by atoms with Crippen molar-refractivity contribution in [2.45, 2.75) is 44.9 Å². The predicted octanol–water partition coefficient (Wildman–Crippen LogP) is 6.43. The van der Waals surface area contributed by atoms with Crippen LogP contribution in [0.2, 0.25) is 5.02 Å². The fourth-order valence-corrected chi connectivity index (χ4v) is 5.96. The second-order valence-electron chi connectivity index (χ2n) is 11.6. The lowest BCUT2D eigenvalue weighted by Gasteiger charge is -2.36. The van der Waals surface area contributed by atoms with Crippen LogP contribution in [-0.4, -0.2) is 45.7 Å². The third kappa shape index (κ3) is 8.83. The Balaban J connectivity index is 0.000000466. The van der Waals surface area contributed by atoms with Gasteiger partial charge in [0.05, 0.1) is 5.92 Å². The Morgan fingerprint density at radius 2 is 1.72 bits per heavy atom.